The summed E-state index contributed by atoms with van der Waals surface area (Å²) in [5.74, 6) is 2.96. The van der Waals surface area contributed by atoms with Crippen LogP contribution in [0.5, 0.6) is 11.5 Å². The third-order valence-corrected chi connectivity index (χ3v) is 16.5. The third-order valence-electron chi connectivity index (χ3n) is 15.6. The quantitative estimate of drug-likeness (QED) is 0.170. The Morgan fingerprint density at radius 3 is 1.16 bits per heavy atom. The number of rotatable bonds is 6. The molecule has 0 saturated heterocycles. The molecule has 0 aromatic heterocycles. The lowest BCUT2D eigenvalue weighted by Crippen LogP contribution is -2.10. The fourth-order valence-corrected chi connectivity index (χ4v) is 13.4. The van der Waals surface area contributed by atoms with Crippen LogP contribution in [0.15, 0.2) is 97.1 Å². The lowest BCUT2D eigenvalue weighted by atomic mass is 9.76. The van der Waals surface area contributed by atoms with Gasteiger partial charge in [-0.3, -0.25) is 4.89 Å². The zero-order valence-corrected chi connectivity index (χ0v) is 36.7. The molecule has 11 rings (SSSR count). The molecule has 5 heteroatoms. The average molecular weight is 829 g/mol. The first-order valence-electron chi connectivity index (χ1n) is 24.1. The third kappa shape index (κ3) is 7.54. The van der Waals surface area contributed by atoms with Crippen LogP contribution in [0.3, 0.4) is 0 Å². The summed E-state index contributed by atoms with van der Waals surface area (Å²) in [7, 11) is -4.70. The molecule has 314 valence electrons. The molecule has 4 saturated carbocycles. The summed E-state index contributed by atoms with van der Waals surface area (Å²) >= 11 is 0. The highest BCUT2D eigenvalue weighted by atomic mass is 31.2. The van der Waals surface area contributed by atoms with Gasteiger partial charge in [-0.15, -0.1) is 0 Å². The first-order chi connectivity index (χ1) is 30.0. The van der Waals surface area contributed by atoms with E-state index in [1.807, 2.05) is 0 Å². The van der Waals surface area contributed by atoms with Crippen molar-refractivity contribution >= 4 is 29.4 Å². The fraction of sp³-hybridized carbons (Fsp3) is 0.429. The van der Waals surface area contributed by atoms with Crippen LogP contribution in [-0.2, 0) is 4.57 Å². The molecule has 1 aliphatic heterocycles. The highest BCUT2D eigenvalue weighted by Gasteiger charge is 2.39. The molecule has 4 aliphatic carbocycles. The Kier molecular flexibility index (Phi) is 10.8. The van der Waals surface area contributed by atoms with E-state index >= 15 is 0 Å². The first kappa shape index (κ1) is 39.5. The number of benzene rings is 6. The minimum atomic E-state index is -4.70. The molecule has 1 N–H and O–H groups in total. The van der Waals surface area contributed by atoms with E-state index in [2.05, 4.69) is 97.1 Å². The summed E-state index contributed by atoms with van der Waals surface area (Å²) in [6.45, 7) is 0. The maximum atomic E-state index is 14.8. The van der Waals surface area contributed by atoms with Crippen molar-refractivity contribution in [3.63, 3.8) is 0 Å². The molecular weight excluding hydrogens is 768 g/mol. The molecule has 0 atom stereocenters. The van der Waals surface area contributed by atoms with E-state index in [-0.39, 0.29) is 0 Å². The van der Waals surface area contributed by atoms with Crippen LogP contribution < -0.4 is 9.05 Å². The summed E-state index contributed by atoms with van der Waals surface area (Å²) in [6, 6.07) is 35.9. The maximum absolute atomic E-state index is 14.8. The molecule has 0 spiro atoms. The Bertz CT molecular complexity index is 2460. The van der Waals surface area contributed by atoms with Crippen molar-refractivity contribution in [2.75, 3.05) is 0 Å². The van der Waals surface area contributed by atoms with Gasteiger partial charge in [0, 0.05) is 22.3 Å². The molecule has 4 nitrogen and oxygen atoms in total. The molecule has 6 aromatic rings. The van der Waals surface area contributed by atoms with Crippen LogP contribution in [0.1, 0.15) is 174 Å². The molecule has 6 aromatic carbocycles. The molecule has 0 unspecified atom stereocenters. The van der Waals surface area contributed by atoms with E-state index in [0.29, 0.717) is 35.2 Å². The summed E-state index contributed by atoms with van der Waals surface area (Å²) in [5, 5.41) is 4.16. The van der Waals surface area contributed by atoms with Crippen LogP contribution in [0.4, 0.5) is 0 Å². The van der Waals surface area contributed by atoms with Crippen molar-refractivity contribution in [3.8, 4) is 44.9 Å². The highest BCUT2D eigenvalue weighted by Crippen LogP contribution is 2.62. The van der Waals surface area contributed by atoms with Gasteiger partial charge in [0.25, 0.3) is 0 Å². The Hall–Kier alpha value is -4.37. The van der Waals surface area contributed by atoms with Gasteiger partial charge in [0.15, 0.2) is 0 Å². The van der Waals surface area contributed by atoms with Gasteiger partial charge in [0.05, 0.1) is 0 Å². The molecule has 5 aliphatic rings. The smallest absolute Gasteiger partial charge is 0.394 e. The largest absolute Gasteiger partial charge is 0.584 e. The number of phosphoric acid groups is 1. The van der Waals surface area contributed by atoms with Gasteiger partial charge in [-0.1, -0.05) is 162 Å². The molecule has 1 heterocycles. The van der Waals surface area contributed by atoms with Crippen molar-refractivity contribution in [3.05, 3.63) is 119 Å². The second-order valence-corrected chi connectivity index (χ2v) is 20.7. The van der Waals surface area contributed by atoms with E-state index < -0.39 is 7.82 Å². The molecule has 0 amide bonds. The second kappa shape index (κ2) is 16.7. The summed E-state index contributed by atoms with van der Waals surface area (Å²) in [5.41, 5.74) is 11.3. The standard InChI is InChI=1S/C56H61O4P/c57-61(58)59-55-51(47-31-29-41(37-17-5-1-6-18-37)33-49(47)39-21-9-3-10-22-39)35-43-25-13-15-27-45(43)53(55)54-46-28-16-14-26-44(46)36-52(56(54)60-61)48-32-30-42(38-19-7-2-8-20-38)34-50(48)40-23-11-4-12-24-40/h13-16,25-40H,1-12,17-24H2,(H,57,58). The summed E-state index contributed by atoms with van der Waals surface area (Å²) in [6.07, 6.45) is 25.0. The monoisotopic (exact) mass is 828 g/mol. The lowest BCUT2D eigenvalue weighted by molar-refractivity contribution is 0.295. The summed E-state index contributed by atoms with van der Waals surface area (Å²) in [4.78, 5) is 12.1. The normalized spacial score (nSPS) is 20.4. The van der Waals surface area contributed by atoms with Crippen molar-refractivity contribution in [1.29, 1.82) is 0 Å². The zero-order chi connectivity index (χ0) is 40.9. The van der Waals surface area contributed by atoms with Gasteiger partial charge in [0.1, 0.15) is 11.5 Å². The van der Waals surface area contributed by atoms with Gasteiger partial charge in [-0.05, 0) is 142 Å². The van der Waals surface area contributed by atoms with Gasteiger partial charge < -0.3 is 9.05 Å². The minimum absolute atomic E-state index is 0.437. The number of fused-ring (bicyclic) bond motifs is 7. The molecule has 61 heavy (non-hydrogen) atoms. The second-order valence-electron chi connectivity index (χ2n) is 19.4. The zero-order valence-electron chi connectivity index (χ0n) is 35.8. The van der Waals surface area contributed by atoms with Gasteiger partial charge in [-0.2, -0.15) is 0 Å². The maximum Gasteiger partial charge on any atom is 0.584 e. The predicted octanol–water partition coefficient (Wildman–Crippen LogP) is 17.1. The van der Waals surface area contributed by atoms with Crippen LogP contribution in [0, 0.1) is 0 Å². The molecule has 0 bridgehead atoms. The Balaban J connectivity index is 1.18. The fourth-order valence-electron chi connectivity index (χ4n) is 12.5. The highest BCUT2D eigenvalue weighted by molar-refractivity contribution is 7.48. The molecular formula is C56H61O4P. The van der Waals surface area contributed by atoms with Crippen LogP contribution in [0.25, 0.3) is 54.9 Å². The Morgan fingerprint density at radius 1 is 0.410 bits per heavy atom. The van der Waals surface area contributed by atoms with Crippen molar-refractivity contribution < 1.29 is 18.5 Å². The van der Waals surface area contributed by atoms with Crippen molar-refractivity contribution in [1.82, 2.24) is 0 Å². The van der Waals surface area contributed by atoms with Gasteiger partial charge in [0.2, 0.25) is 0 Å². The van der Waals surface area contributed by atoms with E-state index in [1.54, 1.807) is 0 Å². The van der Waals surface area contributed by atoms with Gasteiger partial charge >= 0.3 is 7.82 Å². The Labute approximate surface area is 362 Å². The van der Waals surface area contributed by atoms with Crippen LogP contribution in [-0.4, -0.2) is 4.89 Å². The average Bonchev–Trinajstić information content (AvgIpc) is 3.45. The van der Waals surface area contributed by atoms with Crippen molar-refractivity contribution in [2.24, 2.45) is 0 Å². The summed E-state index contributed by atoms with van der Waals surface area (Å²) < 4.78 is 28.0. The Morgan fingerprint density at radius 2 is 0.770 bits per heavy atom. The lowest BCUT2D eigenvalue weighted by Gasteiger charge is -2.29. The first-order valence-corrected chi connectivity index (χ1v) is 25.6. The van der Waals surface area contributed by atoms with E-state index in [4.69, 9.17) is 9.05 Å². The van der Waals surface area contributed by atoms with Crippen LogP contribution in [0.2, 0.25) is 0 Å². The van der Waals surface area contributed by atoms with Crippen LogP contribution >= 0.6 is 7.82 Å². The topological polar surface area (TPSA) is 55.8 Å². The number of hydrogen-bond acceptors (Lipinski definition) is 3. The van der Waals surface area contributed by atoms with Crippen molar-refractivity contribution in [2.45, 2.75) is 152 Å². The molecule has 4 fully saturated rings. The predicted molar refractivity (Wildman–Crippen MR) is 252 cm³/mol. The van der Waals surface area contributed by atoms with Gasteiger partial charge in [-0.25, -0.2) is 4.57 Å². The number of hydrogen-bond donors (Lipinski definition) is 1. The molecule has 0 radical (unpaired) electrons. The van der Waals surface area contributed by atoms with E-state index in [9.17, 15) is 9.46 Å². The van der Waals surface area contributed by atoms with E-state index in [1.165, 1.54) is 151 Å². The minimum Gasteiger partial charge on any atom is -0.394 e. The number of phosphoric ester groups is 1. The van der Waals surface area contributed by atoms with E-state index in [0.717, 1.165) is 54.9 Å². The SMILES string of the molecule is O=P1(O)Oc2c(-c3ccc(C4CCCCC4)cc3C3CCCCC3)cc3ccccc3c2-c2c(c(-c3ccc(C4CCCCC4)cc3C3CCCCC3)cc3ccccc23)O1.